The van der Waals surface area contributed by atoms with Gasteiger partial charge in [-0.3, -0.25) is 0 Å². The van der Waals surface area contributed by atoms with Crippen molar-refractivity contribution in [3.8, 4) is 11.3 Å². The highest BCUT2D eigenvalue weighted by Crippen LogP contribution is 2.27. The molecule has 1 aliphatic heterocycles. The maximum absolute atomic E-state index is 4.93. The lowest BCUT2D eigenvalue weighted by Crippen LogP contribution is -2.54. The molecule has 2 N–H and O–H groups in total. The maximum Gasteiger partial charge on any atom is 0.154 e. The number of nitrogens with one attached hydrogen (secondary N) is 2. The third kappa shape index (κ3) is 2.99. The average Bonchev–Trinajstić information content (AvgIpc) is 2.95. The molecule has 0 radical (unpaired) electrons. The topological polar surface area (TPSA) is 70.4 Å². The van der Waals surface area contributed by atoms with Crippen LogP contribution in [-0.4, -0.2) is 51.8 Å². The Kier molecular flexibility index (Phi) is 4.24. The molecule has 1 aliphatic rings. The van der Waals surface area contributed by atoms with E-state index in [9.17, 15) is 0 Å². The molecule has 0 bridgehead atoms. The highest BCUT2D eigenvalue weighted by atomic mass is 15.4. The first-order valence-corrected chi connectivity index (χ1v) is 9.06. The van der Waals surface area contributed by atoms with Crippen molar-refractivity contribution >= 4 is 17.3 Å². The molecule has 0 aliphatic carbocycles. The molecule has 26 heavy (non-hydrogen) atoms. The quantitative estimate of drug-likeness (QED) is 0.755. The van der Waals surface area contributed by atoms with E-state index in [2.05, 4.69) is 51.5 Å². The Morgan fingerprint density at radius 2 is 1.92 bits per heavy atom. The molecule has 4 heterocycles. The van der Waals surface area contributed by atoms with Crippen molar-refractivity contribution in [1.82, 2.24) is 24.9 Å². The summed E-state index contributed by atoms with van der Waals surface area (Å²) < 4.78 is 1.96. The van der Waals surface area contributed by atoms with Crippen molar-refractivity contribution in [1.29, 1.82) is 0 Å². The van der Waals surface area contributed by atoms with Gasteiger partial charge in [-0.15, -0.1) is 5.10 Å². The summed E-state index contributed by atoms with van der Waals surface area (Å²) in [6.07, 6.45) is 1.81. The zero-order valence-corrected chi connectivity index (χ0v) is 15.7. The second-order valence-corrected chi connectivity index (χ2v) is 7.06. The van der Waals surface area contributed by atoms with E-state index in [-0.39, 0.29) is 0 Å². The van der Waals surface area contributed by atoms with Crippen LogP contribution in [0, 0.1) is 6.92 Å². The fourth-order valence-corrected chi connectivity index (χ4v) is 3.76. The summed E-state index contributed by atoms with van der Waals surface area (Å²) in [5.41, 5.74) is 3.89. The number of aryl methyl sites for hydroxylation is 1. The molecule has 0 spiro atoms. The van der Waals surface area contributed by atoms with Crippen LogP contribution in [0.4, 0.5) is 11.6 Å². The van der Waals surface area contributed by atoms with Crippen molar-refractivity contribution in [3.63, 3.8) is 0 Å². The van der Waals surface area contributed by atoms with Crippen LogP contribution < -0.4 is 15.5 Å². The first kappa shape index (κ1) is 16.8. The van der Waals surface area contributed by atoms with Gasteiger partial charge in [0.25, 0.3) is 0 Å². The number of rotatable bonds is 3. The third-order valence-electron chi connectivity index (χ3n) is 4.81. The summed E-state index contributed by atoms with van der Waals surface area (Å²) in [5, 5.41) is 11.6. The lowest BCUT2D eigenvalue weighted by atomic mass is 10.1. The summed E-state index contributed by atoms with van der Waals surface area (Å²) >= 11 is 0. The predicted octanol–water partition coefficient (Wildman–Crippen LogP) is 2.33. The van der Waals surface area contributed by atoms with Gasteiger partial charge in [0, 0.05) is 44.0 Å². The number of piperazine rings is 1. The molecule has 1 saturated heterocycles. The summed E-state index contributed by atoms with van der Waals surface area (Å²) in [5.74, 6) is 1.82. The Labute approximate surface area is 153 Å². The number of imidazole rings is 1. The van der Waals surface area contributed by atoms with Gasteiger partial charge in [0.2, 0.25) is 0 Å². The largest absolute Gasteiger partial charge is 0.373 e. The lowest BCUT2D eigenvalue weighted by molar-refractivity contribution is 0.404. The Balaban J connectivity index is 1.80. The van der Waals surface area contributed by atoms with Gasteiger partial charge < -0.3 is 15.5 Å². The van der Waals surface area contributed by atoms with Gasteiger partial charge in [0.05, 0.1) is 11.4 Å². The third-order valence-corrected chi connectivity index (χ3v) is 4.81. The van der Waals surface area contributed by atoms with Crippen molar-refractivity contribution in [2.75, 3.05) is 30.4 Å². The number of pyridine rings is 1. The fourth-order valence-electron chi connectivity index (χ4n) is 3.76. The van der Waals surface area contributed by atoms with E-state index in [0.29, 0.717) is 12.1 Å². The minimum atomic E-state index is 0.443. The first-order chi connectivity index (χ1) is 12.5. The van der Waals surface area contributed by atoms with Crippen LogP contribution in [0.15, 0.2) is 30.5 Å². The second-order valence-electron chi connectivity index (χ2n) is 7.06. The van der Waals surface area contributed by atoms with Crippen LogP contribution in [-0.2, 0) is 0 Å². The Morgan fingerprint density at radius 3 is 2.65 bits per heavy atom. The number of nitrogens with zero attached hydrogens (tertiary/aromatic N) is 5. The van der Waals surface area contributed by atoms with Crippen LogP contribution in [0.5, 0.6) is 0 Å². The van der Waals surface area contributed by atoms with E-state index in [1.165, 1.54) is 0 Å². The van der Waals surface area contributed by atoms with Crippen molar-refractivity contribution in [3.05, 3.63) is 36.2 Å². The van der Waals surface area contributed by atoms with Gasteiger partial charge >= 0.3 is 0 Å². The van der Waals surface area contributed by atoms with Gasteiger partial charge in [-0.2, -0.15) is 0 Å². The van der Waals surface area contributed by atoms with Crippen LogP contribution in [0.25, 0.3) is 16.9 Å². The molecule has 0 saturated carbocycles. The number of hydrogen-bond donors (Lipinski definition) is 2. The van der Waals surface area contributed by atoms with E-state index in [4.69, 9.17) is 5.10 Å². The molecule has 0 aromatic carbocycles. The number of hydrogen-bond acceptors (Lipinski definition) is 6. The van der Waals surface area contributed by atoms with Gasteiger partial charge in [-0.05, 0) is 45.0 Å². The van der Waals surface area contributed by atoms with E-state index >= 15 is 0 Å². The van der Waals surface area contributed by atoms with Gasteiger partial charge in [-0.1, -0.05) is 0 Å². The monoisotopic (exact) mass is 351 g/mol. The van der Waals surface area contributed by atoms with E-state index < -0.39 is 0 Å². The van der Waals surface area contributed by atoms with Gasteiger partial charge in [-0.25, -0.2) is 14.5 Å². The Hall–Kier alpha value is -2.67. The molecule has 3 aromatic heterocycles. The van der Waals surface area contributed by atoms with Crippen molar-refractivity contribution in [2.24, 2.45) is 0 Å². The molecule has 2 unspecified atom stereocenters. The highest BCUT2D eigenvalue weighted by Gasteiger charge is 2.23. The predicted molar refractivity (Wildman–Crippen MR) is 105 cm³/mol. The van der Waals surface area contributed by atoms with Crippen LogP contribution in [0.3, 0.4) is 0 Å². The average molecular weight is 351 g/mol. The van der Waals surface area contributed by atoms with E-state index in [0.717, 1.165) is 47.3 Å². The van der Waals surface area contributed by atoms with E-state index in [1.54, 1.807) is 0 Å². The molecule has 7 nitrogen and oxygen atoms in total. The Morgan fingerprint density at radius 1 is 1.15 bits per heavy atom. The van der Waals surface area contributed by atoms with Crippen LogP contribution >= 0.6 is 0 Å². The zero-order chi connectivity index (χ0) is 18.3. The minimum absolute atomic E-state index is 0.443. The number of fused-ring (bicyclic) bond motifs is 1. The molecule has 1 fully saturated rings. The molecular weight excluding hydrogens is 326 g/mol. The standard InChI is InChI=1S/C19H25N7/c1-12-10-25(11-13(2)22-12)18-6-5-17-23-14(3)19(26(17)24-18)15-7-8-21-16(9-15)20-4/h5-9,12-13,22H,10-11H2,1-4H3,(H,20,21). The summed E-state index contributed by atoms with van der Waals surface area (Å²) in [7, 11) is 1.87. The molecular formula is C19H25N7. The molecule has 0 amide bonds. The van der Waals surface area contributed by atoms with Crippen LogP contribution in [0.1, 0.15) is 19.5 Å². The fraction of sp³-hybridized carbons (Fsp3) is 0.421. The summed E-state index contributed by atoms with van der Waals surface area (Å²) in [6, 6.07) is 9.04. The SMILES string of the molecule is CNc1cc(-c2c(C)nc3ccc(N4CC(C)NC(C)C4)nn23)ccn1. The number of anilines is 2. The molecule has 3 aromatic rings. The van der Waals surface area contributed by atoms with Gasteiger partial charge in [0.1, 0.15) is 11.6 Å². The zero-order valence-electron chi connectivity index (χ0n) is 15.7. The first-order valence-electron chi connectivity index (χ1n) is 9.06. The molecule has 136 valence electrons. The molecule has 4 rings (SSSR count). The highest BCUT2D eigenvalue weighted by molar-refractivity contribution is 5.69. The lowest BCUT2D eigenvalue weighted by Gasteiger charge is -2.36. The summed E-state index contributed by atoms with van der Waals surface area (Å²) in [4.78, 5) is 11.3. The van der Waals surface area contributed by atoms with Crippen molar-refractivity contribution < 1.29 is 0 Å². The van der Waals surface area contributed by atoms with Gasteiger partial charge in [0.15, 0.2) is 5.65 Å². The maximum atomic E-state index is 4.93. The minimum Gasteiger partial charge on any atom is -0.373 e. The normalized spacial score (nSPS) is 20.5. The Bertz CT molecular complexity index is 923. The molecule has 7 heteroatoms. The number of aromatic nitrogens is 4. The smallest absolute Gasteiger partial charge is 0.154 e. The second kappa shape index (κ2) is 6.57. The summed E-state index contributed by atoms with van der Waals surface area (Å²) in [6.45, 7) is 8.35. The molecule has 2 atom stereocenters. The van der Waals surface area contributed by atoms with Crippen LogP contribution in [0.2, 0.25) is 0 Å². The van der Waals surface area contributed by atoms with E-state index in [1.807, 2.05) is 36.8 Å². The van der Waals surface area contributed by atoms with Crippen molar-refractivity contribution in [2.45, 2.75) is 32.9 Å².